The fraction of sp³-hybridized carbons (Fsp3) is 0.545. The number of carbonyl (C=O) groups excluding carboxylic acids is 1. The minimum Gasteiger partial charge on any atom is -0.334 e. The summed E-state index contributed by atoms with van der Waals surface area (Å²) < 4.78 is 0. The van der Waals surface area contributed by atoms with Crippen LogP contribution in [0.25, 0.3) is 0 Å². The number of thiol groups is 1. The first-order valence-corrected chi connectivity index (χ1v) is 6.43. The van der Waals surface area contributed by atoms with Gasteiger partial charge < -0.3 is 4.90 Å². The van der Waals surface area contributed by atoms with Crippen molar-refractivity contribution in [1.29, 1.82) is 0 Å². The molecule has 0 saturated heterocycles. The maximum atomic E-state index is 11.9. The van der Waals surface area contributed by atoms with Crippen LogP contribution in [-0.4, -0.2) is 22.1 Å². The molecule has 4 heteroatoms. The zero-order valence-corrected chi connectivity index (χ0v) is 11.0. The van der Waals surface area contributed by atoms with E-state index < -0.39 is 0 Å². The molecule has 0 aliphatic carbocycles. The van der Waals surface area contributed by atoms with E-state index in [-0.39, 0.29) is 17.2 Å². The first-order chi connectivity index (χ1) is 7.02. The smallest absolute Gasteiger partial charge is 0.235 e. The van der Waals surface area contributed by atoms with Gasteiger partial charge in [0.05, 0.1) is 11.8 Å². The number of thiophene rings is 1. The van der Waals surface area contributed by atoms with Crippen molar-refractivity contribution in [3.05, 3.63) is 22.4 Å². The molecular formula is C11H17NOS2. The van der Waals surface area contributed by atoms with Crippen LogP contribution in [0.3, 0.4) is 0 Å². The predicted octanol–water partition coefficient (Wildman–Crippen LogP) is 2.80. The summed E-state index contributed by atoms with van der Waals surface area (Å²) in [5.74, 6) is 0.0988. The summed E-state index contributed by atoms with van der Waals surface area (Å²) in [6.45, 7) is 6.57. The van der Waals surface area contributed by atoms with Gasteiger partial charge in [-0.1, -0.05) is 6.07 Å². The van der Waals surface area contributed by atoms with E-state index in [0.29, 0.717) is 6.54 Å². The number of carbonyl (C=O) groups is 1. The van der Waals surface area contributed by atoms with E-state index in [4.69, 9.17) is 0 Å². The minimum atomic E-state index is -0.229. The van der Waals surface area contributed by atoms with E-state index in [1.165, 1.54) is 4.88 Å². The van der Waals surface area contributed by atoms with Crippen LogP contribution in [0.15, 0.2) is 17.5 Å². The fourth-order valence-corrected chi connectivity index (χ4v) is 2.18. The van der Waals surface area contributed by atoms with Crippen molar-refractivity contribution in [2.45, 2.75) is 38.6 Å². The summed E-state index contributed by atoms with van der Waals surface area (Å²) in [5.41, 5.74) is 0. The maximum Gasteiger partial charge on any atom is 0.235 e. The highest BCUT2D eigenvalue weighted by atomic mass is 32.1. The largest absolute Gasteiger partial charge is 0.334 e. The third kappa shape index (κ3) is 3.54. The Morgan fingerprint density at radius 2 is 2.20 bits per heavy atom. The van der Waals surface area contributed by atoms with Crippen molar-refractivity contribution >= 4 is 29.9 Å². The van der Waals surface area contributed by atoms with Crippen LogP contribution in [0.2, 0.25) is 0 Å². The molecule has 84 valence electrons. The van der Waals surface area contributed by atoms with E-state index in [1.807, 2.05) is 37.1 Å². The molecule has 0 aliphatic rings. The van der Waals surface area contributed by atoms with Gasteiger partial charge in [0.25, 0.3) is 0 Å². The molecule has 15 heavy (non-hydrogen) atoms. The van der Waals surface area contributed by atoms with Gasteiger partial charge in [0.2, 0.25) is 5.91 Å². The Morgan fingerprint density at radius 3 is 2.60 bits per heavy atom. The van der Waals surface area contributed by atoms with E-state index in [0.717, 1.165) is 0 Å². The Bertz CT molecular complexity index is 306. The van der Waals surface area contributed by atoms with Gasteiger partial charge in [-0.15, -0.1) is 11.3 Å². The number of hydrogen-bond acceptors (Lipinski definition) is 3. The molecular weight excluding hydrogens is 226 g/mol. The standard InChI is InChI=1S/C11H17NOS2/c1-8(2)12(11(13)9(3)14)7-10-5-4-6-15-10/h4-6,8-9,14H,7H2,1-3H3. The first-order valence-electron chi connectivity index (χ1n) is 5.03. The lowest BCUT2D eigenvalue weighted by atomic mass is 10.2. The van der Waals surface area contributed by atoms with Crippen molar-refractivity contribution in [3.63, 3.8) is 0 Å². The lowest BCUT2D eigenvalue weighted by Crippen LogP contribution is -2.39. The predicted molar refractivity (Wildman–Crippen MR) is 68.5 cm³/mol. The lowest BCUT2D eigenvalue weighted by Gasteiger charge is -2.27. The topological polar surface area (TPSA) is 20.3 Å². The summed E-state index contributed by atoms with van der Waals surface area (Å²) in [7, 11) is 0. The molecule has 0 aromatic carbocycles. The van der Waals surface area contributed by atoms with Crippen molar-refractivity contribution in [1.82, 2.24) is 4.90 Å². The highest BCUT2D eigenvalue weighted by Crippen LogP contribution is 2.15. The van der Waals surface area contributed by atoms with Crippen molar-refractivity contribution in [2.24, 2.45) is 0 Å². The average Bonchev–Trinajstić information content (AvgIpc) is 2.64. The van der Waals surface area contributed by atoms with Gasteiger partial charge in [-0.2, -0.15) is 12.6 Å². The molecule has 1 aromatic rings. The molecule has 0 bridgehead atoms. The van der Waals surface area contributed by atoms with E-state index in [2.05, 4.69) is 18.7 Å². The second kappa shape index (κ2) is 5.56. The molecule has 0 aliphatic heterocycles. The Hall–Kier alpha value is -0.480. The molecule has 1 heterocycles. The Kier molecular flexibility index (Phi) is 4.67. The first kappa shape index (κ1) is 12.6. The highest BCUT2D eigenvalue weighted by molar-refractivity contribution is 7.81. The van der Waals surface area contributed by atoms with Gasteiger partial charge >= 0.3 is 0 Å². The molecule has 2 nitrogen and oxygen atoms in total. The van der Waals surface area contributed by atoms with Gasteiger partial charge in [0.15, 0.2) is 0 Å². The second-order valence-corrected chi connectivity index (χ2v) is 5.62. The SMILES string of the molecule is CC(S)C(=O)N(Cc1cccs1)C(C)C. The number of rotatable bonds is 4. The van der Waals surface area contributed by atoms with E-state index in [9.17, 15) is 4.79 Å². The molecule has 1 amide bonds. The number of amides is 1. The van der Waals surface area contributed by atoms with Gasteiger partial charge in [0.1, 0.15) is 0 Å². The van der Waals surface area contributed by atoms with Gasteiger partial charge in [-0.05, 0) is 32.2 Å². The van der Waals surface area contributed by atoms with E-state index >= 15 is 0 Å². The highest BCUT2D eigenvalue weighted by Gasteiger charge is 2.20. The minimum absolute atomic E-state index is 0.0988. The fourth-order valence-electron chi connectivity index (χ4n) is 1.33. The molecule has 0 radical (unpaired) electrons. The van der Waals surface area contributed by atoms with Crippen LogP contribution in [-0.2, 0) is 11.3 Å². The summed E-state index contributed by atoms with van der Waals surface area (Å²) in [6, 6.07) is 4.28. The van der Waals surface area contributed by atoms with Gasteiger partial charge in [-0.3, -0.25) is 4.79 Å². The Morgan fingerprint density at radius 1 is 1.53 bits per heavy atom. The summed E-state index contributed by atoms with van der Waals surface area (Å²) in [5, 5.41) is 1.80. The lowest BCUT2D eigenvalue weighted by molar-refractivity contribution is -0.132. The third-order valence-corrected chi connectivity index (χ3v) is 3.25. The van der Waals surface area contributed by atoms with Crippen molar-refractivity contribution in [3.8, 4) is 0 Å². The van der Waals surface area contributed by atoms with Crippen LogP contribution in [0.4, 0.5) is 0 Å². The molecule has 1 atom stereocenters. The third-order valence-electron chi connectivity index (χ3n) is 2.17. The van der Waals surface area contributed by atoms with Crippen LogP contribution in [0, 0.1) is 0 Å². The number of nitrogens with zero attached hydrogens (tertiary/aromatic N) is 1. The normalized spacial score (nSPS) is 12.9. The van der Waals surface area contributed by atoms with Crippen LogP contribution < -0.4 is 0 Å². The van der Waals surface area contributed by atoms with Crippen LogP contribution in [0.5, 0.6) is 0 Å². The molecule has 0 saturated carbocycles. The monoisotopic (exact) mass is 243 g/mol. The Balaban J connectivity index is 2.71. The average molecular weight is 243 g/mol. The zero-order valence-electron chi connectivity index (χ0n) is 9.30. The zero-order chi connectivity index (χ0) is 11.4. The maximum absolute atomic E-state index is 11.9. The molecule has 1 unspecified atom stereocenters. The molecule has 1 rings (SSSR count). The summed E-state index contributed by atoms with van der Waals surface area (Å²) in [6.07, 6.45) is 0. The van der Waals surface area contributed by atoms with Crippen molar-refractivity contribution in [2.75, 3.05) is 0 Å². The molecule has 1 aromatic heterocycles. The van der Waals surface area contributed by atoms with Crippen molar-refractivity contribution < 1.29 is 4.79 Å². The second-order valence-electron chi connectivity index (χ2n) is 3.82. The van der Waals surface area contributed by atoms with E-state index in [1.54, 1.807) is 11.3 Å². The van der Waals surface area contributed by atoms with Crippen LogP contribution in [0.1, 0.15) is 25.6 Å². The summed E-state index contributed by atoms with van der Waals surface area (Å²) in [4.78, 5) is 14.9. The van der Waals surface area contributed by atoms with Gasteiger partial charge in [0, 0.05) is 10.9 Å². The quantitative estimate of drug-likeness (QED) is 0.806. The molecule has 0 fully saturated rings. The van der Waals surface area contributed by atoms with Gasteiger partial charge in [-0.25, -0.2) is 0 Å². The van der Waals surface area contributed by atoms with Crippen LogP contribution >= 0.6 is 24.0 Å². The molecule has 0 N–H and O–H groups in total. The summed E-state index contributed by atoms with van der Waals surface area (Å²) >= 11 is 5.87. The molecule has 0 spiro atoms. The Labute approximate surface area is 101 Å². The number of hydrogen-bond donors (Lipinski definition) is 1.